The summed E-state index contributed by atoms with van der Waals surface area (Å²) in [5, 5.41) is 10.5. The molecule has 0 aliphatic heterocycles. The van der Waals surface area contributed by atoms with Crippen molar-refractivity contribution in [2.75, 3.05) is 10.6 Å². The summed E-state index contributed by atoms with van der Waals surface area (Å²) < 4.78 is 1.76. The van der Waals surface area contributed by atoms with Gasteiger partial charge in [-0.2, -0.15) is 5.10 Å². The largest absolute Gasteiger partial charge is 0.326 e. The number of rotatable bonds is 7. The van der Waals surface area contributed by atoms with Crippen molar-refractivity contribution in [2.24, 2.45) is 0 Å². The fourth-order valence-corrected chi connectivity index (χ4v) is 2.96. The normalized spacial score (nSPS) is 11.0. The topological polar surface area (TPSA) is 76.0 Å². The maximum absolute atomic E-state index is 12.3. The lowest BCUT2D eigenvalue weighted by molar-refractivity contribution is -0.114. The number of halogens is 1. The Morgan fingerprint density at radius 1 is 1.22 bits per heavy atom. The molecule has 2 aromatic rings. The van der Waals surface area contributed by atoms with Gasteiger partial charge in [0.2, 0.25) is 11.8 Å². The first kappa shape index (κ1) is 20.7. The summed E-state index contributed by atoms with van der Waals surface area (Å²) in [7, 11) is 0. The number of carbonyl (C=O) groups is 2. The zero-order valence-electron chi connectivity index (χ0n) is 16.1. The first-order valence-electron chi connectivity index (χ1n) is 8.92. The highest BCUT2D eigenvalue weighted by molar-refractivity contribution is 6.31. The molecule has 2 N–H and O–H groups in total. The van der Waals surface area contributed by atoms with E-state index in [-0.39, 0.29) is 11.8 Å². The van der Waals surface area contributed by atoms with Crippen molar-refractivity contribution >= 4 is 40.9 Å². The molecule has 144 valence electrons. The van der Waals surface area contributed by atoms with Crippen LogP contribution in [0.2, 0.25) is 5.15 Å². The number of hydrogen-bond donors (Lipinski definition) is 2. The number of amides is 2. The van der Waals surface area contributed by atoms with E-state index < -0.39 is 0 Å². The number of hydrogen-bond acceptors (Lipinski definition) is 3. The number of anilines is 2. The molecule has 0 saturated carbocycles. The van der Waals surface area contributed by atoms with E-state index >= 15 is 0 Å². The number of unbranched alkanes of at least 4 members (excludes halogenated alkanes) is 1. The fourth-order valence-electron chi connectivity index (χ4n) is 2.64. The van der Waals surface area contributed by atoms with E-state index in [1.165, 1.54) is 13.0 Å². The highest BCUT2D eigenvalue weighted by Gasteiger charge is 2.11. The van der Waals surface area contributed by atoms with Crippen LogP contribution in [0.5, 0.6) is 0 Å². The third kappa shape index (κ3) is 5.44. The molecule has 6 nitrogen and oxygen atoms in total. The molecule has 0 aliphatic carbocycles. The number of nitrogens with zero attached hydrogens (tertiary/aromatic N) is 2. The van der Waals surface area contributed by atoms with Crippen LogP contribution < -0.4 is 10.6 Å². The van der Waals surface area contributed by atoms with Crippen LogP contribution in [-0.4, -0.2) is 21.6 Å². The smallest absolute Gasteiger partial charge is 0.248 e. The lowest BCUT2D eigenvalue weighted by atomic mass is 10.1. The van der Waals surface area contributed by atoms with Crippen molar-refractivity contribution in [2.45, 2.75) is 47.1 Å². The molecule has 0 fully saturated rings. The van der Waals surface area contributed by atoms with Gasteiger partial charge in [-0.1, -0.05) is 31.0 Å². The van der Waals surface area contributed by atoms with Gasteiger partial charge in [0, 0.05) is 36.5 Å². The second-order valence-electron chi connectivity index (χ2n) is 6.35. The zero-order valence-corrected chi connectivity index (χ0v) is 16.9. The molecule has 27 heavy (non-hydrogen) atoms. The van der Waals surface area contributed by atoms with Gasteiger partial charge in [0.05, 0.1) is 5.69 Å². The van der Waals surface area contributed by atoms with Crippen LogP contribution in [0, 0.1) is 13.8 Å². The molecular weight excluding hydrogens is 364 g/mol. The van der Waals surface area contributed by atoms with E-state index in [2.05, 4.69) is 22.7 Å². The predicted octanol–water partition coefficient (Wildman–Crippen LogP) is 4.56. The van der Waals surface area contributed by atoms with Gasteiger partial charge in [-0.15, -0.1) is 0 Å². The van der Waals surface area contributed by atoms with Crippen LogP contribution in [0.1, 0.15) is 43.5 Å². The van der Waals surface area contributed by atoms with Crippen molar-refractivity contribution in [1.29, 1.82) is 0 Å². The minimum absolute atomic E-state index is 0.160. The zero-order chi connectivity index (χ0) is 20.0. The van der Waals surface area contributed by atoms with E-state index in [1.807, 2.05) is 13.8 Å². The Morgan fingerprint density at radius 2 is 1.89 bits per heavy atom. The maximum Gasteiger partial charge on any atom is 0.248 e. The highest BCUT2D eigenvalue weighted by atomic mass is 35.5. The van der Waals surface area contributed by atoms with Crippen LogP contribution in [0.4, 0.5) is 11.4 Å². The Morgan fingerprint density at radius 3 is 2.52 bits per heavy atom. The summed E-state index contributed by atoms with van der Waals surface area (Å²) in [4.78, 5) is 23.6. The van der Waals surface area contributed by atoms with Crippen LogP contribution in [-0.2, 0) is 16.1 Å². The lowest BCUT2D eigenvalue weighted by Gasteiger charge is -2.11. The number of nitrogens with one attached hydrogen (secondary N) is 2. The number of carbonyl (C=O) groups excluding carboxylic acids is 2. The van der Waals surface area contributed by atoms with Gasteiger partial charge in [0.15, 0.2) is 0 Å². The van der Waals surface area contributed by atoms with Gasteiger partial charge in [-0.05, 0) is 44.0 Å². The minimum atomic E-state index is -0.283. The molecule has 0 aliphatic rings. The molecule has 0 bridgehead atoms. The van der Waals surface area contributed by atoms with Gasteiger partial charge in [0.25, 0.3) is 0 Å². The third-order valence-corrected chi connectivity index (χ3v) is 4.54. The average Bonchev–Trinajstić information content (AvgIpc) is 2.88. The number of aryl methyl sites for hydroxylation is 2. The molecule has 2 rings (SSSR count). The van der Waals surface area contributed by atoms with Gasteiger partial charge >= 0.3 is 0 Å². The molecule has 0 radical (unpaired) electrons. The Labute approximate surface area is 164 Å². The number of benzene rings is 1. The molecule has 0 atom stereocenters. The maximum atomic E-state index is 12.3. The van der Waals surface area contributed by atoms with Crippen molar-refractivity contribution in [3.63, 3.8) is 0 Å². The van der Waals surface area contributed by atoms with Gasteiger partial charge in [0.1, 0.15) is 5.15 Å². The summed E-state index contributed by atoms with van der Waals surface area (Å²) in [6.07, 6.45) is 5.16. The van der Waals surface area contributed by atoms with Gasteiger partial charge in [-0.25, -0.2) is 0 Å². The summed E-state index contributed by atoms with van der Waals surface area (Å²) in [6.45, 7) is 8.01. The molecule has 1 aromatic heterocycles. The van der Waals surface area contributed by atoms with Crippen molar-refractivity contribution in [3.05, 3.63) is 46.2 Å². The summed E-state index contributed by atoms with van der Waals surface area (Å²) in [5.41, 5.74) is 3.62. The van der Waals surface area contributed by atoms with Crippen molar-refractivity contribution in [3.8, 4) is 0 Å². The van der Waals surface area contributed by atoms with E-state index in [4.69, 9.17) is 11.6 Å². The molecule has 7 heteroatoms. The molecule has 2 amide bonds. The number of aromatic nitrogens is 2. The van der Waals surface area contributed by atoms with Gasteiger partial charge in [-0.3, -0.25) is 14.3 Å². The molecule has 0 spiro atoms. The van der Waals surface area contributed by atoms with E-state index in [1.54, 1.807) is 29.0 Å². The highest BCUT2D eigenvalue weighted by Crippen LogP contribution is 2.24. The van der Waals surface area contributed by atoms with E-state index in [0.717, 1.165) is 36.2 Å². The first-order chi connectivity index (χ1) is 12.8. The standard InChI is InChI=1S/C20H25ClN4O2/c1-5-6-12-25-20(21)16(14(3)24-25)10-11-19(27)23-18-9-7-8-17(13(18)2)22-15(4)26/h7-11H,5-6,12H2,1-4H3,(H,22,26)(H,23,27). The van der Waals surface area contributed by atoms with Crippen LogP contribution in [0.3, 0.4) is 0 Å². The summed E-state index contributed by atoms with van der Waals surface area (Å²) in [5.74, 6) is -0.443. The molecule has 0 unspecified atom stereocenters. The minimum Gasteiger partial charge on any atom is -0.326 e. The summed E-state index contributed by atoms with van der Waals surface area (Å²) >= 11 is 6.38. The second kappa shape index (κ2) is 9.37. The fraction of sp³-hybridized carbons (Fsp3) is 0.350. The Bertz CT molecular complexity index is 871. The molecular formula is C20H25ClN4O2. The second-order valence-corrected chi connectivity index (χ2v) is 6.71. The monoisotopic (exact) mass is 388 g/mol. The van der Waals surface area contributed by atoms with Crippen LogP contribution in [0.25, 0.3) is 6.08 Å². The van der Waals surface area contributed by atoms with Crippen LogP contribution in [0.15, 0.2) is 24.3 Å². The SMILES string of the molecule is CCCCn1nc(C)c(C=CC(=O)Nc2cccc(NC(C)=O)c2C)c1Cl. The summed E-state index contributed by atoms with van der Waals surface area (Å²) in [6, 6.07) is 5.35. The quantitative estimate of drug-likeness (QED) is 0.682. The van der Waals surface area contributed by atoms with Crippen molar-refractivity contribution < 1.29 is 9.59 Å². The molecule has 1 aromatic carbocycles. The van der Waals surface area contributed by atoms with Crippen LogP contribution >= 0.6 is 11.6 Å². The van der Waals surface area contributed by atoms with Gasteiger partial charge < -0.3 is 10.6 Å². The van der Waals surface area contributed by atoms with E-state index in [0.29, 0.717) is 16.5 Å². The third-order valence-electron chi connectivity index (χ3n) is 4.14. The predicted molar refractivity (Wildman–Crippen MR) is 110 cm³/mol. The van der Waals surface area contributed by atoms with E-state index in [9.17, 15) is 9.59 Å². The average molecular weight is 389 g/mol. The molecule has 1 heterocycles. The first-order valence-corrected chi connectivity index (χ1v) is 9.30. The Kier molecular flexibility index (Phi) is 7.19. The van der Waals surface area contributed by atoms with Crippen molar-refractivity contribution in [1.82, 2.24) is 9.78 Å². The molecule has 0 saturated heterocycles. The Balaban J connectivity index is 2.12. The lowest BCUT2D eigenvalue weighted by Crippen LogP contribution is -2.12. The Hall–Kier alpha value is -2.60.